The van der Waals surface area contributed by atoms with E-state index in [-0.39, 0.29) is 30.1 Å². The van der Waals surface area contributed by atoms with Gasteiger partial charge in [0.05, 0.1) is 12.0 Å². The third-order valence-electron chi connectivity index (χ3n) is 11.7. The van der Waals surface area contributed by atoms with E-state index in [0.29, 0.717) is 13.0 Å². The van der Waals surface area contributed by atoms with Crippen LogP contribution in [0.1, 0.15) is 245 Å². The van der Waals surface area contributed by atoms with E-state index in [0.717, 1.165) is 83.8 Å². The second-order valence-corrected chi connectivity index (χ2v) is 16.9. The van der Waals surface area contributed by atoms with E-state index < -0.39 is 0 Å². The van der Waals surface area contributed by atoms with Crippen LogP contribution in [0.5, 0.6) is 0 Å². The van der Waals surface area contributed by atoms with Gasteiger partial charge < -0.3 is 19.5 Å². The molecule has 1 N–H and O–H groups in total. The highest BCUT2D eigenvalue weighted by Crippen LogP contribution is 2.51. The summed E-state index contributed by atoms with van der Waals surface area (Å²) in [5.41, 5.74) is -0.179. The van der Waals surface area contributed by atoms with Gasteiger partial charge in [-0.3, -0.25) is 9.59 Å². The molecule has 0 amide bonds. The van der Waals surface area contributed by atoms with Crippen LogP contribution in [-0.4, -0.2) is 60.9 Å². The first-order chi connectivity index (χ1) is 26.0. The monoisotopic (exact) mass is 750 g/mol. The second kappa shape index (κ2) is 36.5. The predicted octanol–water partition coefficient (Wildman–Crippen LogP) is 13.4. The average molecular weight is 750 g/mol. The summed E-state index contributed by atoms with van der Waals surface area (Å²) in [6, 6.07) is 0. The Morgan fingerprint density at radius 3 is 1.49 bits per heavy atom. The van der Waals surface area contributed by atoms with Crippen LogP contribution in [0.3, 0.4) is 0 Å². The molecule has 0 radical (unpaired) electrons. The van der Waals surface area contributed by atoms with Gasteiger partial charge in [0, 0.05) is 19.6 Å². The molecule has 1 aliphatic carbocycles. The van der Waals surface area contributed by atoms with E-state index in [4.69, 9.17) is 9.47 Å². The average Bonchev–Trinajstić information content (AvgIpc) is 3.96. The number of aliphatic hydroxyl groups is 1. The molecule has 0 saturated heterocycles. The van der Waals surface area contributed by atoms with Crippen molar-refractivity contribution in [3.05, 3.63) is 0 Å². The number of carbonyl (C=O) groups excluding carboxylic acids is 2. The number of nitrogens with zero attached hydrogens (tertiary/aromatic N) is 1. The maximum Gasteiger partial charge on any atom is 0.312 e. The van der Waals surface area contributed by atoms with E-state index in [1.54, 1.807) is 0 Å². The molecule has 0 aromatic rings. The molecule has 0 aliphatic heterocycles. The minimum Gasteiger partial charge on any atom is -0.466 e. The first-order valence-electron chi connectivity index (χ1n) is 23.7. The lowest BCUT2D eigenvalue weighted by atomic mass is 9.97. The van der Waals surface area contributed by atoms with Gasteiger partial charge in [-0.1, -0.05) is 162 Å². The van der Waals surface area contributed by atoms with Crippen LogP contribution in [0.2, 0.25) is 0 Å². The van der Waals surface area contributed by atoms with Crippen molar-refractivity contribution in [2.75, 3.05) is 32.8 Å². The zero-order valence-electron chi connectivity index (χ0n) is 35.9. The highest BCUT2D eigenvalue weighted by atomic mass is 16.5. The lowest BCUT2D eigenvalue weighted by Gasteiger charge is -2.23. The summed E-state index contributed by atoms with van der Waals surface area (Å²) in [7, 11) is 0. The molecule has 0 bridgehead atoms. The summed E-state index contributed by atoms with van der Waals surface area (Å²) in [6.45, 7) is 10.8. The minimum absolute atomic E-state index is 0.0235. The topological polar surface area (TPSA) is 76.1 Å². The summed E-state index contributed by atoms with van der Waals surface area (Å²) < 4.78 is 11.7. The second-order valence-electron chi connectivity index (χ2n) is 16.9. The van der Waals surface area contributed by atoms with Gasteiger partial charge in [-0.15, -0.1) is 0 Å². The molecule has 0 atom stereocenters. The normalized spacial score (nSPS) is 13.6. The molecule has 314 valence electrons. The molecule has 6 heteroatoms. The Bertz CT molecular complexity index is 799. The molecular formula is C47H91NO5. The molecule has 1 aliphatic rings. The quantitative estimate of drug-likeness (QED) is 0.0495. The molecule has 0 spiro atoms. The van der Waals surface area contributed by atoms with Crippen molar-refractivity contribution in [3.63, 3.8) is 0 Å². The van der Waals surface area contributed by atoms with Gasteiger partial charge in [-0.05, 0) is 90.1 Å². The minimum atomic E-state index is -0.179. The Balaban J connectivity index is 2.22. The Morgan fingerprint density at radius 2 is 0.981 bits per heavy atom. The highest BCUT2D eigenvalue weighted by Gasteiger charge is 2.51. The van der Waals surface area contributed by atoms with E-state index in [2.05, 4.69) is 25.7 Å². The van der Waals surface area contributed by atoms with Gasteiger partial charge in [0.15, 0.2) is 0 Å². The number of hydrogen-bond acceptors (Lipinski definition) is 6. The fraction of sp³-hybridized carbons (Fsp3) is 0.957. The number of hydrogen-bond donors (Lipinski definition) is 1. The fourth-order valence-corrected chi connectivity index (χ4v) is 7.78. The smallest absolute Gasteiger partial charge is 0.312 e. The predicted molar refractivity (Wildman–Crippen MR) is 225 cm³/mol. The largest absolute Gasteiger partial charge is 0.466 e. The van der Waals surface area contributed by atoms with Crippen LogP contribution in [0.15, 0.2) is 0 Å². The Hall–Kier alpha value is -1.14. The standard InChI is InChI=1S/C47H91NO5/c1-4-7-10-13-16-24-31-43-52-45(50)35-27-20-17-22-29-39-48(41-32-42-49)40-30-23-21-28-36-47(37-38-47)46(51)53-44(33-25-18-14-11-8-5-2)34-26-19-15-12-9-6-3/h44,49H,4-43H2,1-3H3. The van der Waals surface area contributed by atoms with Crippen molar-refractivity contribution in [3.8, 4) is 0 Å². The van der Waals surface area contributed by atoms with Crippen LogP contribution in [0.25, 0.3) is 0 Å². The fourth-order valence-electron chi connectivity index (χ4n) is 7.78. The first-order valence-corrected chi connectivity index (χ1v) is 23.7. The number of ether oxygens (including phenoxy) is 2. The van der Waals surface area contributed by atoms with E-state index in [1.807, 2.05) is 0 Å². The molecule has 6 nitrogen and oxygen atoms in total. The third kappa shape index (κ3) is 29.8. The molecule has 1 fully saturated rings. The number of carbonyl (C=O) groups is 2. The highest BCUT2D eigenvalue weighted by molar-refractivity contribution is 5.80. The van der Waals surface area contributed by atoms with Gasteiger partial charge in [0.2, 0.25) is 0 Å². The van der Waals surface area contributed by atoms with Crippen molar-refractivity contribution in [2.45, 2.75) is 252 Å². The molecule has 1 saturated carbocycles. The maximum atomic E-state index is 13.4. The molecule has 0 aromatic heterocycles. The number of rotatable bonds is 42. The summed E-state index contributed by atoms with van der Waals surface area (Å²) in [5, 5.41) is 9.43. The van der Waals surface area contributed by atoms with Crippen molar-refractivity contribution < 1.29 is 24.2 Å². The van der Waals surface area contributed by atoms with Crippen molar-refractivity contribution in [2.24, 2.45) is 5.41 Å². The van der Waals surface area contributed by atoms with Gasteiger partial charge in [-0.2, -0.15) is 0 Å². The number of aliphatic hydroxyl groups excluding tert-OH is 1. The summed E-state index contributed by atoms with van der Waals surface area (Å²) in [6.07, 6.45) is 41.1. The molecule has 0 heterocycles. The molecule has 0 aromatic carbocycles. The number of esters is 2. The summed E-state index contributed by atoms with van der Waals surface area (Å²) in [5.74, 6) is 0.0954. The van der Waals surface area contributed by atoms with Crippen LogP contribution in [0.4, 0.5) is 0 Å². The SMILES string of the molecule is CCCCCCCCCOC(=O)CCCCCCCN(CCCO)CCCCCCC1(C(=O)OC(CCCCCCCC)CCCCCCCC)CC1. The Morgan fingerprint density at radius 1 is 0.547 bits per heavy atom. The third-order valence-corrected chi connectivity index (χ3v) is 11.7. The van der Waals surface area contributed by atoms with Gasteiger partial charge >= 0.3 is 11.9 Å². The van der Waals surface area contributed by atoms with E-state index >= 15 is 0 Å². The molecule has 1 rings (SSSR count). The van der Waals surface area contributed by atoms with Crippen molar-refractivity contribution in [1.82, 2.24) is 4.90 Å². The molecule has 53 heavy (non-hydrogen) atoms. The zero-order chi connectivity index (χ0) is 38.5. The van der Waals surface area contributed by atoms with Crippen molar-refractivity contribution >= 4 is 11.9 Å². The van der Waals surface area contributed by atoms with Gasteiger partial charge in [0.25, 0.3) is 0 Å². The Kier molecular flexibility index (Phi) is 34.3. The van der Waals surface area contributed by atoms with Gasteiger partial charge in [-0.25, -0.2) is 0 Å². The first kappa shape index (κ1) is 49.9. The van der Waals surface area contributed by atoms with Crippen LogP contribution in [0, 0.1) is 5.41 Å². The van der Waals surface area contributed by atoms with Crippen molar-refractivity contribution in [1.29, 1.82) is 0 Å². The Labute approximate surface area is 330 Å². The molecular weight excluding hydrogens is 659 g/mol. The lowest BCUT2D eigenvalue weighted by molar-refractivity contribution is -0.157. The lowest BCUT2D eigenvalue weighted by Crippen LogP contribution is -2.28. The summed E-state index contributed by atoms with van der Waals surface area (Å²) >= 11 is 0. The van der Waals surface area contributed by atoms with Gasteiger partial charge in [0.1, 0.15) is 6.10 Å². The molecule has 0 unspecified atom stereocenters. The zero-order valence-corrected chi connectivity index (χ0v) is 35.9. The summed E-state index contributed by atoms with van der Waals surface area (Å²) in [4.78, 5) is 28.0. The van der Waals surface area contributed by atoms with Crippen LogP contribution >= 0.6 is 0 Å². The maximum absolute atomic E-state index is 13.4. The number of unbranched alkanes of at least 4 members (excludes halogenated alkanes) is 23. The van der Waals surface area contributed by atoms with E-state index in [1.165, 1.54) is 154 Å². The van der Waals surface area contributed by atoms with Crippen LogP contribution < -0.4 is 0 Å². The van der Waals surface area contributed by atoms with E-state index in [9.17, 15) is 14.7 Å². The van der Waals surface area contributed by atoms with Crippen LogP contribution in [-0.2, 0) is 19.1 Å².